The van der Waals surface area contributed by atoms with Gasteiger partial charge in [-0.05, 0) is 42.5 Å². The maximum atomic E-state index is 13.0. The topological polar surface area (TPSA) is 123 Å². The minimum absolute atomic E-state index is 0.0339. The molecular weight excluding hydrogens is 523 g/mol. The monoisotopic (exact) mass is 541 g/mol. The predicted octanol–water partition coefficient (Wildman–Crippen LogP) is 5.83. The van der Waals surface area contributed by atoms with Crippen LogP contribution in [0.25, 0.3) is 16.9 Å². The first kappa shape index (κ1) is 26.9. The van der Waals surface area contributed by atoms with Crippen LogP contribution in [0, 0.1) is 10.1 Å². The number of carbonyl (C=O) groups excluding carboxylic acids is 2. The SMILES string of the molecule is COC(=O)c1c(-c2cc([N+](=O)[O-])ccc2Oc2ccc(C(F)(F)F)cc2)nn(-c2ccccc2)c1C(=O)OC. The molecule has 10 nitrogen and oxygen atoms in total. The van der Waals surface area contributed by atoms with Crippen LogP contribution in [0.5, 0.6) is 11.5 Å². The van der Waals surface area contributed by atoms with Gasteiger partial charge in [0.2, 0.25) is 0 Å². The fourth-order valence-corrected chi connectivity index (χ4v) is 3.69. The first-order chi connectivity index (χ1) is 18.5. The van der Waals surface area contributed by atoms with Crippen molar-refractivity contribution in [2.45, 2.75) is 6.18 Å². The lowest BCUT2D eigenvalue weighted by atomic mass is 10.0. The van der Waals surface area contributed by atoms with Gasteiger partial charge in [0.25, 0.3) is 5.69 Å². The van der Waals surface area contributed by atoms with Crippen LogP contribution in [0.3, 0.4) is 0 Å². The lowest BCUT2D eigenvalue weighted by molar-refractivity contribution is -0.384. The fraction of sp³-hybridized carbons (Fsp3) is 0.115. The quantitative estimate of drug-likeness (QED) is 0.163. The van der Waals surface area contributed by atoms with E-state index in [4.69, 9.17) is 14.2 Å². The Morgan fingerprint density at radius 3 is 2.13 bits per heavy atom. The summed E-state index contributed by atoms with van der Waals surface area (Å²) in [6.07, 6.45) is -4.57. The molecule has 13 heteroatoms. The zero-order valence-corrected chi connectivity index (χ0v) is 20.3. The second-order valence-electron chi connectivity index (χ2n) is 7.86. The van der Waals surface area contributed by atoms with Crippen molar-refractivity contribution in [3.63, 3.8) is 0 Å². The highest BCUT2D eigenvalue weighted by Gasteiger charge is 2.34. The Labute approximate surface area is 218 Å². The summed E-state index contributed by atoms with van der Waals surface area (Å²) >= 11 is 0. The van der Waals surface area contributed by atoms with E-state index in [2.05, 4.69) is 5.10 Å². The summed E-state index contributed by atoms with van der Waals surface area (Å²) in [5, 5.41) is 16.0. The molecule has 0 saturated heterocycles. The van der Waals surface area contributed by atoms with Gasteiger partial charge in [-0.3, -0.25) is 10.1 Å². The summed E-state index contributed by atoms with van der Waals surface area (Å²) in [6, 6.07) is 15.3. The molecule has 0 N–H and O–H groups in total. The van der Waals surface area contributed by atoms with Gasteiger partial charge in [0.05, 0.1) is 36.0 Å². The van der Waals surface area contributed by atoms with Gasteiger partial charge in [-0.25, -0.2) is 14.3 Å². The third-order valence-electron chi connectivity index (χ3n) is 5.49. The summed E-state index contributed by atoms with van der Waals surface area (Å²) in [5.74, 6) is -2.08. The zero-order chi connectivity index (χ0) is 28.3. The van der Waals surface area contributed by atoms with E-state index in [1.54, 1.807) is 30.3 Å². The first-order valence-electron chi connectivity index (χ1n) is 11.0. The third-order valence-corrected chi connectivity index (χ3v) is 5.49. The molecule has 0 bridgehead atoms. The molecule has 0 saturated carbocycles. The minimum atomic E-state index is -4.57. The number of aromatic nitrogens is 2. The van der Waals surface area contributed by atoms with Crippen molar-refractivity contribution >= 4 is 17.6 Å². The highest BCUT2D eigenvalue weighted by Crippen LogP contribution is 2.40. The number of esters is 2. The molecule has 0 amide bonds. The number of hydrogen-bond acceptors (Lipinski definition) is 8. The number of alkyl halides is 3. The van der Waals surface area contributed by atoms with E-state index in [0.29, 0.717) is 5.69 Å². The number of benzene rings is 3. The number of halogens is 3. The van der Waals surface area contributed by atoms with E-state index < -0.39 is 34.3 Å². The minimum Gasteiger partial charge on any atom is -0.465 e. The maximum absolute atomic E-state index is 13.0. The van der Waals surface area contributed by atoms with E-state index in [1.807, 2.05) is 0 Å². The lowest BCUT2D eigenvalue weighted by Crippen LogP contribution is -2.15. The number of nitro groups is 1. The van der Waals surface area contributed by atoms with Crippen LogP contribution in [-0.2, 0) is 15.7 Å². The molecule has 0 unspecified atom stereocenters. The number of carbonyl (C=O) groups is 2. The highest BCUT2D eigenvalue weighted by molar-refractivity contribution is 6.07. The third kappa shape index (κ3) is 5.42. The second-order valence-corrected chi connectivity index (χ2v) is 7.86. The summed E-state index contributed by atoms with van der Waals surface area (Å²) in [6.45, 7) is 0. The van der Waals surface area contributed by atoms with Crippen molar-refractivity contribution in [1.82, 2.24) is 9.78 Å². The average Bonchev–Trinajstić information content (AvgIpc) is 3.33. The largest absolute Gasteiger partial charge is 0.465 e. The van der Waals surface area contributed by atoms with Gasteiger partial charge < -0.3 is 14.2 Å². The molecule has 0 radical (unpaired) electrons. The number of rotatable bonds is 7. The van der Waals surface area contributed by atoms with Gasteiger partial charge in [-0.15, -0.1) is 0 Å². The summed E-state index contributed by atoms with van der Waals surface area (Å²) < 4.78 is 55.6. The maximum Gasteiger partial charge on any atom is 0.416 e. The molecule has 0 aliphatic rings. The molecule has 0 fully saturated rings. The van der Waals surface area contributed by atoms with Crippen LogP contribution >= 0.6 is 0 Å². The van der Waals surface area contributed by atoms with Gasteiger partial charge in [0.1, 0.15) is 22.8 Å². The number of methoxy groups -OCH3 is 2. The standard InChI is InChI=1S/C26H18F3N3O7/c1-37-24(33)21-22(30-31(23(21)25(34)38-2)16-6-4-3-5-7-16)19-14-17(32(35)36)10-13-20(19)39-18-11-8-15(9-12-18)26(27,28)29/h3-14H,1-2H3. The van der Waals surface area contributed by atoms with E-state index in [1.165, 1.54) is 6.07 Å². The zero-order valence-electron chi connectivity index (χ0n) is 20.3. The Kier molecular flexibility index (Phi) is 7.33. The number of non-ortho nitro benzene ring substituents is 1. The molecule has 4 rings (SSSR count). The highest BCUT2D eigenvalue weighted by atomic mass is 19.4. The molecular formula is C26H18F3N3O7. The van der Waals surface area contributed by atoms with E-state index in [-0.39, 0.29) is 34.0 Å². The van der Waals surface area contributed by atoms with Crippen molar-refractivity contribution < 1.29 is 41.9 Å². The number of nitrogens with zero attached hydrogens (tertiary/aromatic N) is 3. The predicted molar refractivity (Wildman–Crippen MR) is 130 cm³/mol. The van der Waals surface area contributed by atoms with Crippen LogP contribution < -0.4 is 4.74 Å². The number of ether oxygens (including phenoxy) is 3. The molecule has 3 aromatic carbocycles. The van der Waals surface area contributed by atoms with Crippen molar-refractivity contribution in [3.05, 3.63) is 99.7 Å². The van der Waals surface area contributed by atoms with Gasteiger partial charge in [-0.1, -0.05) is 18.2 Å². The molecule has 39 heavy (non-hydrogen) atoms. The second kappa shape index (κ2) is 10.7. The molecule has 1 aromatic heterocycles. The summed E-state index contributed by atoms with van der Waals surface area (Å²) in [5.41, 5.74) is -1.99. The van der Waals surface area contributed by atoms with Crippen LogP contribution in [-0.4, -0.2) is 40.9 Å². The van der Waals surface area contributed by atoms with Gasteiger partial charge >= 0.3 is 18.1 Å². The van der Waals surface area contributed by atoms with Crippen LogP contribution in [0.4, 0.5) is 18.9 Å². The molecule has 0 atom stereocenters. The molecule has 1 heterocycles. The summed E-state index contributed by atoms with van der Waals surface area (Å²) in [7, 11) is 2.16. The van der Waals surface area contributed by atoms with Gasteiger partial charge in [0, 0.05) is 12.1 Å². The molecule has 0 spiro atoms. The van der Waals surface area contributed by atoms with Crippen molar-refractivity contribution in [2.24, 2.45) is 0 Å². The van der Waals surface area contributed by atoms with Gasteiger partial charge in [0.15, 0.2) is 5.69 Å². The van der Waals surface area contributed by atoms with Gasteiger partial charge in [-0.2, -0.15) is 18.3 Å². The average molecular weight is 541 g/mol. The first-order valence-corrected chi connectivity index (χ1v) is 11.0. The molecule has 0 aliphatic heterocycles. The molecule has 200 valence electrons. The number of nitro benzene ring substituents is 1. The van der Waals surface area contributed by atoms with Crippen LogP contribution in [0.1, 0.15) is 26.4 Å². The van der Waals surface area contributed by atoms with Crippen molar-refractivity contribution in [1.29, 1.82) is 0 Å². The van der Waals surface area contributed by atoms with Crippen molar-refractivity contribution in [3.8, 4) is 28.4 Å². The van der Waals surface area contributed by atoms with E-state index in [0.717, 1.165) is 55.3 Å². The summed E-state index contributed by atoms with van der Waals surface area (Å²) in [4.78, 5) is 36.7. The number of para-hydroxylation sites is 1. The fourth-order valence-electron chi connectivity index (χ4n) is 3.69. The van der Waals surface area contributed by atoms with Crippen molar-refractivity contribution in [2.75, 3.05) is 14.2 Å². The Morgan fingerprint density at radius 2 is 1.56 bits per heavy atom. The molecule has 4 aromatic rings. The van der Waals surface area contributed by atoms with E-state index >= 15 is 0 Å². The Morgan fingerprint density at radius 1 is 0.923 bits per heavy atom. The van der Waals surface area contributed by atoms with Crippen LogP contribution in [0.2, 0.25) is 0 Å². The Balaban J connectivity index is 1.97. The lowest BCUT2D eigenvalue weighted by Gasteiger charge is -2.12. The smallest absolute Gasteiger partial charge is 0.416 e. The van der Waals surface area contributed by atoms with E-state index in [9.17, 15) is 32.9 Å². The van der Waals surface area contributed by atoms with Crippen LogP contribution in [0.15, 0.2) is 72.8 Å². The number of hydrogen-bond donors (Lipinski definition) is 0. The molecule has 0 aliphatic carbocycles. The normalized spacial score (nSPS) is 11.1. The Hall–Kier alpha value is -5.20. The Bertz CT molecular complexity index is 1550.